The van der Waals surface area contributed by atoms with Crippen LogP contribution in [0, 0.1) is 5.82 Å². The van der Waals surface area contributed by atoms with Crippen molar-refractivity contribution in [3.8, 4) is 5.75 Å². The van der Waals surface area contributed by atoms with Gasteiger partial charge in [0.2, 0.25) is 0 Å². The quantitative estimate of drug-likeness (QED) is 0.854. The number of anilines is 1. The lowest BCUT2D eigenvalue weighted by molar-refractivity contribution is 0.357. The molecule has 2 aromatic carbocycles. The summed E-state index contributed by atoms with van der Waals surface area (Å²) in [7, 11) is 0. The van der Waals surface area contributed by atoms with Gasteiger partial charge in [0.25, 0.3) is 0 Å². The Morgan fingerprint density at radius 2 is 2.15 bits per heavy atom. The van der Waals surface area contributed by atoms with Crippen molar-refractivity contribution in [2.75, 3.05) is 11.9 Å². The fraction of sp³-hybridized carbons (Fsp3) is 0.200. The lowest BCUT2D eigenvalue weighted by Gasteiger charge is -2.11. The highest BCUT2D eigenvalue weighted by atomic mass is 79.9. The Morgan fingerprint density at radius 1 is 1.30 bits per heavy atom. The van der Waals surface area contributed by atoms with Crippen molar-refractivity contribution >= 4 is 33.2 Å². The van der Waals surface area contributed by atoms with Gasteiger partial charge >= 0.3 is 0 Å². The standard InChI is InChI=1S/C15H12BrClFNO/c16-12-6-11(18)7-13(17)15(12)19-8-9-1-2-14-10(5-9)3-4-20-14/h1-2,5-7,19H,3-4,8H2. The van der Waals surface area contributed by atoms with Crippen LogP contribution < -0.4 is 10.1 Å². The van der Waals surface area contributed by atoms with Gasteiger partial charge in [-0.1, -0.05) is 23.7 Å². The minimum absolute atomic E-state index is 0.359. The molecular formula is C15H12BrClFNO. The van der Waals surface area contributed by atoms with E-state index < -0.39 is 0 Å². The number of hydrogen-bond donors (Lipinski definition) is 1. The van der Waals surface area contributed by atoms with Crippen LogP contribution in [0.25, 0.3) is 0 Å². The van der Waals surface area contributed by atoms with Gasteiger partial charge in [0.1, 0.15) is 11.6 Å². The van der Waals surface area contributed by atoms with Crippen LogP contribution in [0.15, 0.2) is 34.8 Å². The number of hydrogen-bond acceptors (Lipinski definition) is 2. The van der Waals surface area contributed by atoms with E-state index in [-0.39, 0.29) is 5.82 Å². The monoisotopic (exact) mass is 355 g/mol. The summed E-state index contributed by atoms with van der Waals surface area (Å²) in [4.78, 5) is 0. The van der Waals surface area contributed by atoms with Crippen LogP contribution >= 0.6 is 27.5 Å². The Labute approximate surface area is 130 Å². The van der Waals surface area contributed by atoms with Crippen LogP contribution in [-0.2, 0) is 13.0 Å². The summed E-state index contributed by atoms with van der Waals surface area (Å²) >= 11 is 9.36. The molecule has 0 spiro atoms. The van der Waals surface area contributed by atoms with Gasteiger partial charge in [-0.25, -0.2) is 4.39 Å². The first-order valence-electron chi connectivity index (χ1n) is 6.26. The summed E-state index contributed by atoms with van der Waals surface area (Å²) in [5.41, 5.74) is 3.07. The zero-order valence-corrected chi connectivity index (χ0v) is 12.9. The molecular weight excluding hydrogens is 345 g/mol. The molecule has 0 amide bonds. The molecule has 0 saturated heterocycles. The lowest BCUT2D eigenvalue weighted by Crippen LogP contribution is -2.01. The molecule has 0 fully saturated rings. The molecule has 1 aliphatic rings. The van der Waals surface area contributed by atoms with E-state index in [0.29, 0.717) is 21.7 Å². The third-order valence-corrected chi connectivity index (χ3v) is 4.15. The van der Waals surface area contributed by atoms with Crippen molar-refractivity contribution in [2.45, 2.75) is 13.0 Å². The molecule has 1 heterocycles. The maximum Gasteiger partial charge on any atom is 0.125 e. The molecule has 0 saturated carbocycles. The smallest absolute Gasteiger partial charge is 0.125 e. The summed E-state index contributed by atoms with van der Waals surface area (Å²) in [6.45, 7) is 1.37. The molecule has 2 nitrogen and oxygen atoms in total. The van der Waals surface area contributed by atoms with Gasteiger partial charge < -0.3 is 10.1 Å². The average Bonchev–Trinajstić information content (AvgIpc) is 2.84. The minimum atomic E-state index is -0.359. The first-order valence-corrected chi connectivity index (χ1v) is 7.43. The van der Waals surface area contributed by atoms with Gasteiger partial charge in [0.15, 0.2) is 0 Å². The Morgan fingerprint density at radius 3 is 2.95 bits per heavy atom. The van der Waals surface area contributed by atoms with E-state index in [2.05, 4.69) is 27.3 Å². The van der Waals surface area contributed by atoms with Crippen LogP contribution in [0.5, 0.6) is 5.75 Å². The molecule has 0 radical (unpaired) electrons. The fourth-order valence-corrected chi connectivity index (χ4v) is 3.21. The van der Waals surface area contributed by atoms with Gasteiger partial charge in [-0.2, -0.15) is 0 Å². The summed E-state index contributed by atoms with van der Waals surface area (Å²) in [6.07, 6.45) is 0.949. The van der Waals surface area contributed by atoms with Gasteiger partial charge in [-0.3, -0.25) is 0 Å². The van der Waals surface area contributed by atoms with Crippen LogP contribution in [0.4, 0.5) is 10.1 Å². The average molecular weight is 357 g/mol. The lowest BCUT2D eigenvalue weighted by atomic mass is 10.1. The molecule has 20 heavy (non-hydrogen) atoms. The van der Waals surface area contributed by atoms with Crippen molar-refractivity contribution in [1.29, 1.82) is 0 Å². The molecule has 5 heteroatoms. The fourth-order valence-electron chi connectivity index (χ4n) is 2.25. The van der Waals surface area contributed by atoms with Gasteiger partial charge in [0.05, 0.1) is 17.3 Å². The van der Waals surface area contributed by atoms with Crippen LogP contribution in [-0.4, -0.2) is 6.61 Å². The van der Waals surface area contributed by atoms with Crippen molar-refractivity contribution in [2.24, 2.45) is 0 Å². The summed E-state index contributed by atoms with van der Waals surface area (Å²) in [5, 5.41) is 3.59. The van der Waals surface area contributed by atoms with Crippen LogP contribution in [0.3, 0.4) is 0 Å². The summed E-state index contributed by atoms with van der Waals surface area (Å²) in [5.74, 6) is 0.608. The van der Waals surface area contributed by atoms with Crippen molar-refractivity contribution < 1.29 is 9.13 Å². The largest absolute Gasteiger partial charge is 0.493 e. The maximum absolute atomic E-state index is 13.2. The Hall–Kier alpha value is -1.26. The van der Waals surface area contributed by atoms with Gasteiger partial charge in [-0.05, 0) is 45.3 Å². The molecule has 0 bridgehead atoms. The van der Waals surface area contributed by atoms with E-state index in [0.717, 1.165) is 24.3 Å². The van der Waals surface area contributed by atoms with E-state index in [1.54, 1.807) is 0 Å². The number of ether oxygens (including phenoxy) is 1. The van der Waals surface area contributed by atoms with Gasteiger partial charge in [0, 0.05) is 17.4 Å². The topological polar surface area (TPSA) is 21.3 Å². The number of nitrogens with one attached hydrogen (secondary N) is 1. The summed E-state index contributed by atoms with van der Waals surface area (Å²) < 4.78 is 19.3. The highest BCUT2D eigenvalue weighted by molar-refractivity contribution is 9.10. The van der Waals surface area contributed by atoms with E-state index in [4.69, 9.17) is 16.3 Å². The number of halogens is 3. The molecule has 104 valence electrons. The van der Waals surface area contributed by atoms with Crippen molar-refractivity contribution in [3.05, 3.63) is 56.8 Å². The molecule has 2 aromatic rings. The van der Waals surface area contributed by atoms with E-state index in [9.17, 15) is 4.39 Å². The number of fused-ring (bicyclic) bond motifs is 1. The second kappa shape index (κ2) is 5.62. The van der Waals surface area contributed by atoms with Crippen molar-refractivity contribution in [1.82, 2.24) is 0 Å². The van der Waals surface area contributed by atoms with E-state index in [1.807, 2.05) is 12.1 Å². The van der Waals surface area contributed by atoms with Crippen LogP contribution in [0.1, 0.15) is 11.1 Å². The van der Waals surface area contributed by atoms with Crippen molar-refractivity contribution in [3.63, 3.8) is 0 Å². The predicted octanol–water partition coefficient (Wildman–Crippen LogP) is 4.79. The maximum atomic E-state index is 13.2. The molecule has 0 aliphatic carbocycles. The molecule has 1 aliphatic heterocycles. The highest BCUT2D eigenvalue weighted by Gasteiger charge is 2.12. The minimum Gasteiger partial charge on any atom is -0.493 e. The highest BCUT2D eigenvalue weighted by Crippen LogP contribution is 2.32. The first-order chi connectivity index (χ1) is 9.63. The SMILES string of the molecule is Fc1cc(Cl)c(NCc2ccc3c(c2)CCO3)c(Br)c1. The van der Waals surface area contributed by atoms with E-state index in [1.165, 1.54) is 17.7 Å². The Balaban J connectivity index is 1.77. The molecule has 0 unspecified atom stereocenters. The Kier molecular flexibility index (Phi) is 3.85. The molecule has 0 aromatic heterocycles. The summed E-state index contributed by atoms with van der Waals surface area (Å²) in [6, 6.07) is 8.82. The number of rotatable bonds is 3. The molecule has 1 N–H and O–H groups in total. The second-order valence-corrected chi connectivity index (χ2v) is 5.90. The third-order valence-electron chi connectivity index (χ3n) is 3.23. The van der Waals surface area contributed by atoms with E-state index >= 15 is 0 Å². The van der Waals surface area contributed by atoms with Gasteiger partial charge in [-0.15, -0.1) is 0 Å². The zero-order valence-electron chi connectivity index (χ0n) is 10.6. The predicted molar refractivity (Wildman–Crippen MR) is 82.1 cm³/mol. The third kappa shape index (κ3) is 2.76. The molecule has 0 atom stereocenters. The Bertz CT molecular complexity index is 639. The number of benzene rings is 2. The second-order valence-electron chi connectivity index (χ2n) is 4.64. The van der Waals surface area contributed by atoms with Crippen LogP contribution in [0.2, 0.25) is 5.02 Å². The molecule has 3 rings (SSSR count). The normalized spacial score (nSPS) is 12.9. The first kappa shape index (κ1) is 13.7. The zero-order chi connectivity index (χ0) is 14.1.